The minimum Gasteiger partial charge on any atom is -0.207 e. The molecule has 2 aromatic carbocycles. The van der Waals surface area contributed by atoms with Crippen molar-refractivity contribution < 1.29 is 8.78 Å². The van der Waals surface area contributed by atoms with Gasteiger partial charge in [-0.2, -0.15) is 5.26 Å². The lowest BCUT2D eigenvalue weighted by molar-refractivity contribution is 0.625. The van der Waals surface area contributed by atoms with Crippen LogP contribution in [0.5, 0.6) is 0 Å². The third-order valence-corrected chi connectivity index (χ3v) is 2.87. The lowest BCUT2D eigenvalue weighted by Crippen LogP contribution is -1.87. The predicted octanol–water partition coefficient (Wildman–Crippen LogP) is 4.68. The summed E-state index contributed by atoms with van der Waals surface area (Å²) in [6.45, 7) is 0. The monoisotopic (exact) mass is 275 g/mol. The Morgan fingerprint density at radius 3 is 2.53 bits per heavy atom. The van der Waals surface area contributed by atoms with Gasteiger partial charge in [0, 0.05) is 5.56 Å². The molecule has 0 aliphatic rings. The molecule has 0 spiro atoms. The molecule has 1 nitrogen and oxygen atoms in total. The lowest BCUT2D eigenvalue weighted by atomic mass is 10.0. The Balaban J connectivity index is 2.54. The summed E-state index contributed by atoms with van der Waals surface area (Å²) in [5, 5.41) is 9.31. The van der Waals surface area contributed by atoms with Gasteiger partial charge in [-0.25, -0.2) is 8.78 Å². The maximum atomic E-state index is 13.6. The largest absolute Gasteiger partial charge is 0.207 e. The number of nitrogens with zero attached hydrogens (tertiary/aromatic N) is 1. The number of allylic oxidation sites excluding steroid dienone is 1. The van der Waals surface area contributed by atoms with E-state index in [9.17, 15) is 8.78 Å². The fourth-order valence-electron chi connectivity index (χ4n) is 1.63. The first-order valence-electron chi connectivity index (χ1n) is 5.43. The lowest BCUT2D eigenvalue weighted by Gasteiger charge is -2.03. The highest BCUT2D eigenvalue weighted by molar-refractivity contribution is 6.32. The number of benzene rings is 2. The van der Waals surface area contributed by atoms with Crippen LogP contribution in [0.25, 0.3) is 11.6 Å². The molecule has 0 N–H and O–H groups in total. The highest BCUT2D eigenvalue weighted by atomic mass is 35.5. The van der Waals surface area contributed by atoms with Crippen LogP contribution in [0.4, 0.5) is 8.78 Å². The molecule has 0 amide bonds. The molecule has 0 aromatic heterocycles. The van der Waals surface area contributed by atoms with Crippen LogP contribution in [-0.4, -0.2) is 0 Å². The molecule has 0 saturated carbocycles. The molecule has 0 radical (unpaired) electrons. The molecule has 0 unspecified atom stereocenters. The van der Waals surface area contributed by atoms with Crippen molar-refractivity contribution in [2.75, 3.05) is 0 Å². The minimum absolute atomic E-state index is 0.116. The van der Waals surface area contributed by atoms with Crippen LogP contribution < -0.4 is 0 Å². The highest BCUT2D eigenvalue weighted by Crippen LogP contribution is 2.25. The molecule has 0 aliphatic carbocycles. The SMILES string of the molecule is N#C/C(=C/c1c(F)cccc1Cl)c1cccc(F)c1. The third kappa shape index (κ3) is 2.98. The van der Waals surface area contributed by atoms with E-state index in [1.807, 2.05) is 6.07 Å². The van der Waals surface area contributed by atoms with Crippen molar-refractivity contribution in [2.24, 2.45) is 0 Å². The summed E-state index contributed by atoms with van der Waals surface area (Å²) in [6, 6.07) is 11.7. The van der Waals surface area contributed by atoms with Crippen molar-refractivity contribution in [1.82, 2.24) is 0 Å². The molecule has 2 aromatic rings. The second-order valence-corrected chi connectivity index (χ2v) is 4.22. The fraction of sp³-hybridized carbons (Fsp3) is 0. The normalized spacial score (nSPS) is 11.2. The summed E-state index contributed by atoms with van der Waals surface area (Å²) in [5.74, 6) is -0.991. The first-order chi connectivity index (χ1) is 9.11. The maximum absolute atomic E-state index is 13.6. The quantitative estimate of drug-likeness (QED) is 0.576. The predicted molar refractivity (Wildman–Crippen MR) is 71.3 cm³/mol. The summed E-state index contributed by atoms with van der Waals surface area (Å²) in [4.78, 5) is 0. The molecular weight excluding hydrogens is 268 g/mol. The number of hydrogen-bond acceptors (Lipinski definition) is 1. The van der Waals surface area contributed by atoms with Crippen LogP contribution in [0, 0.1) is 23.0 Å². The average molecular weight is 276 g/mol. The molecule has 0 bridgehead atoms. The van der Waals surface area contributed by atoms with Gasteiger partial charge in [0.1, 0.15) is 11.6 Å². The maximum Gasteiger partial charge on any atom is 0.131 e. The number of rotatable bonds is 2. The minimum atomic E-state index is -0.531. The second-order valence-electron chi connectivity index (χ2n) is 3.82. The van der Waals surface area contributed by atoms with E-state index in [0.29, 0.717) is 5.56 Å². The number of halogens is 3. The van der Waals surface area contributed by atoms with Gasteiger partial charge in [0.05, 0.1) is 16.7 Å². The van der Waals surface area contributed by atoms with E-state index in [1.165, 1.54) is 42.5 Å². The molecule has 0 saturated heterocycles. The van der Waals surface area contributed by atoms with E-state index in [1.54, 1.807) is 6.07 Å². The zero-order valence-electron chi connectivity index (χ0n) is 9.70. The zero-order chi connectivity index (χ0) is 13.8. The summed E-state index contributed by atoms with van der Waals surface area (Å²) in [7, 11) is 0. The highest BCUT2D eigenvalue weighted by Gasteiger charge is 2.08. The van der Waals surface area contributed by atoms with E-state index in [-0.39, 0.29) is 16.2 Å². The first-order valence-corrected chi connectivity index (χ1v) is 5.81. The Kier molecular flexibility index (Phi) is 3.94. The number of hydrogen-bond donors (Lipinski definition) is 0. The molecule has 0 atom stereocenters. The summed E-state index contributed by atoms with van der Waals surface area (Å²) < 4.78 is 26.8. The molecule has 4 heteroatoms. The van der Waals surface area contributed by atoms with E-state index in [0.717, 1.165) is 0 Å². The van der Waals surface area contributed by atoms with Crippen molar-refractivity contribution in [1.29, 1.82) is 5.26 Å². The molecule has 0 fully saturated rings. The smallest absolute Gasteiger partial charge is 0.131 e. The van der Waals surface area contributed by atoms with Gasteiger partial charge in [-0.05, 0) is 35.9 Å². The summed E-state index contributed by atoms with van der Waals surface area (Å²) in [5.41, 5.74) is 0.637. The van der Waals surface area contributed by atoms with Gasteiger partial charge in [-0.15, -0.1) is 0 Å². The zero-order valence-corrected chi connectivity index (χ0v) is 10.5. The van der Waals surface area contributed by atoms with Crippen molar-refractivity contribution in [3.05, 3.63) is 70.2 Å². The van der Waals surface area contributed by atoms with Crippen LogP contribution in [-0.2, 0) is 0 Å². The van der Waals surface area contributed by atoms with Crippen LogP contribution in [0.15, 0.2) is 42.5 Å². The van der Waals surface area contributed by atoms with Crippen molar-refractivity contribution in [2.45, 2.75) is 0 Å². The summed E-state index contributed by atoms with van der Waals surface area (Å²) in [6.07, 6.45) is 1.31. The molecule has 0 heterocycles. The molecular formula is C15H8ClF2N. The van der Waals surface area contributed by atoms with Crippen molar-refractivity contribution in [3.8, 4) is 6.07 Å². The Labute approximate surface area is 114 Å². The van der Waals surface area contributed by atoms with Crippen molar-refractivity contribution in [3.63, 3.8) is 0 Å². The van der Waals surface area contributed by atoms with Gasteiger partial charge >= 0.3 is 0 Å². The van der Waals surface area contributed by atoms with E-state index in [4.69, 9.17) is 16.9 Å². The van der Waals surface area contributed by atoms with Gasteiger partial charge in [-0.1, -0.05) is 29.8 Å². The van der Waals surface area contributed by atoms with Gasteiger partial charge in [0.25, 0.3) is 0 Å². The average Bonchev–Trinajstić information content (AvgIpc) is 2.38. The Morgan fingerprint density at radius 2 is 1.89 bits per heavy atom. The molecule has 0 aliphatic heterocycles. The first kappa shape index (κ1) is 13.3. The fourth-order valence-corrected chi connectivity index (χ4v) is 1.85. The Bertz CT molecular complexity index is 667. The Morgan fingerprint density at radius 1 is 1.16 bits per heavy atom. The van der Waals surface area contributed by atoms with Crippen LogP contribution in [0.1, 0.15) is 11.1 Å². The third-order valence-electron chi connectivity index (χ3n) is 2.54. The number of nitriles is 1. The molecule has 2 rings (SSSR count). The van der Waals surface area contributed by atoms with E-state index < -0.39 is 11.6 Å². The van der Waals surface area contributed by atoms with Crippen LogP contribution in [0.3, 0.4) is 0 Å². The van der Waals surface area contributed by atoms with Gasteiger partial charge in [0.15, 0.2) is 0 Å². The van der Waals surface area contributed by atoms with Gasteiger partial charge in [-0.3, -0.25) is 0 Å². The van der Waals surface area contributed by atoms with Crippen LogP contribution in [0.2, 0.25) is 5.02 Å². The van der Waals surface area contributed by atoms with Crippen LogP contribution >= 0.6 is 11.6 Å². The van der Waals surface area contributed by atoms with Crippen molar-refractivity contribution >= 4 is 23.3 Å². The van der Waals surface area contributed by atoms with E-state index in [2.05, 4.69) is 0 Å². The molecule has 19 heavy (non-hydrogen) atoms. The van der Waals surface area contributed by atoms with Gasteiger partial charge < -0.3 is 0 Å². The molecule has 94 valence electrons. The van der Waals surface area contributed by atoms with E-state index >= 15 is 0 Å². The second kappa shape index (κ2) is 5.64. The summed E-state index contributed by atoms with van der Waals surface area (Å²) >= 11 is 5.88. The standard InChI is InChI=1S/C15H8ClF2N/c16-14-5-2-6-15(18)13(14)8-11(9-19)10-3-1-4-12(17)7-10/h1-8H/b11-8-. The van der Waals surface area contributed by atoms with Gasteiger partial charge in [0.2, 0.25) is 0 Å². The topological polar surface area (TPSA) is 23.8 Å². The Hall–Kier alpha value is -2.18.